The number of aryl methyl sites for hydroxylation is 1. The molecule has 0 amide bonds. The van der Waals surface area contributed by atoms with Crippen LogP contribution in [-0.4, -0.2) is 17.0 Å². The molecule has 0 spiro atoms. The number of hydrogen-bond donors (Lipinski definition) is 1. The van der Waals surface area contributed by atoms with Crippen LogP contribution in [0.2, 0.25) is 0 Å². The van der Waals surface area contributed by atoms with Crippen LogP contribution in [0.4, 0.5) is 0 Å². The van der Waals surface area contributed by atoms with Gasteiger partial charge >= 0.3 is 0 Å². The maximum Gasteiger partial charge on any atom is 0.0434 e. The van der Waals surface area contributed by atoms with Gasteiger partial charge in [0.15, 0.2) is 0 Å². The summed E-state index contributed by atoms with van der Waals surface area (Å²) in [6.07, 6.45) is 4.63. The van der Waals surface area contributed by atoms with E-state index >= 15 is 0 Å². The minimum absolute atomic E-state index is 0.290. The van der Waals surface area contributed by atoms with Gasteiger partial charge in [-0.3, -0.25) is 0 Å². The Kier molecular flexibility index (Phi) is 3.49. The molecule has 1 aromatic rings. The molecular formula is C12H16OS. The molecule has 1 saturated carbocycles. The molecule has 0 bridgehead atoms. The first-order valence-electron chi connectivity index (χ1n) is 5.25. The zero-order valence-corrected chi connectivity index (χ0v) is 9.09. The van der Waals surface area contributed by atoms with Gasteiger partial charge in [-0.05, 0) is 43.4 Å². The maximum absolute atomic E-state index is 8.71. The van der Waals surface area contributed by atoms with Crippen LogP contribution < -0.4 is 0 Å². The average Bonchev–Trinajstić information content (AvgIpc) is 3.01. The second kappa shape index (κ2) is 4.85. The molecular weight excluding hydrogens is 192 g/mol. The van der Waals surface area contributed by atoms with Crippen molar-refractivity contribution in [2.24, 2.45) is 0 Å². The highest BCUT2D eigenvalue weighted by Gasteiger charge is 2.22. The van der Waals surface area contributed by atoms with Crippen LogP contribution in [-0.2, 0) is 6.42 Å². The highest BCUT2D eigenvalue weighted by Crippen LogP contribution is 2.38. The summed E-state index contributed by atoms with van der Waals surface area (Å²) in [7, 11) is 0. The second-order valence-electron chi connectivity index (χ2n) is 3.79. The predicted octanol–water partition coefficient (Wildman–Crippen LogP) is 2.87. The lowest BCUT2D eigenvalue weighted by Crippen LogP contribution is -1.88. The van der Waals surface area contributed by atoms with Gasteiger partial charge in [0.05, 0.1) is 0 Å². The molecule has 76 valence electrons. The molecule has 0 aliphatic heterocycles. The Balaban J connectivity index is 1.88. The monoisotopic (exact) mass is 208 g/mol. The first-order chi connectivity index (χ1) is 6.88. The van der Waals surface area contributed by atoms with Crippen molar-refractivity contribution in [2.75, 3.05) is 6.61 Å². The summed E-state index contributed by atoms with van der Waals surface area (Å²) in [5.74, 6) is 0. The summed E-state index contributed by atoms with van der Waals surface area (Å²) in [5.41, 5.74) is 1.33. The highest BCUT2D eigenvalue weighted by molar-refractivity contribution is 8.00. The minimum atomic E-state index is 0.290. The van der Waals surface area contributed by atoms with Gasteiger partial charge in [0.1, 0.15) is 0 Å². The van der Waals surface area contributed by atoms with Gasteiger partial charge in [-0.1, -0.05) is 12.1 Å². The van der Waals surface area contributed by atoms with E-state index in [1.54, 1.807) is 0 Å². The third-order valence-corrected chi connectivity index (χ3v) is 3.72. The van der Waals surface area contributed by atoms with E-state index in [9.17, 15) is 0 Å². The fourth-order valence-electron chi connectivity index (χ4n) is 1.40. The van der Waals surface area contributed by atoms with E-state index in [0.29, 0.717) is 6.61 Å². The molecule has 1 aliphatic rings. The summed E-state index contributed by atoms with van der Waals surface area (Å²) < 4.78 is 0. The van der Waals surface area contributed by atoms with E-state index in [0.717, 1.165) is 18.1 Å². The molecule has 14 heavy (non-hydrogen) atoms. The molecule has 2 heteroatoms. The Hall–Kier alpha value is -0.470. The molecule has 0 aromatic heterocycles. The van der Waals surface area contributed by atoms with Gasteiger partial charge in [-0.25, -0.2) is 0 Å². The molecule has 0 atom stereocenters. The van der Waals surface area contributed by atoms with Crippen LogP contribution in [0.15, 0.2) is 29.2 Å². The molecule has 1 nitrogen and oxygen atoms in total. The third kappa shape index (κ3) is 3.03. The highest BCUT2D eigenvalue weighted by atomic mass is 32.2. The lowest BCUT2D eigenvalue weighted by Gasteiger charge is -2.02. The van der Waals surface area contributed by atoms with E-state index in [2.05, 4.69) is 24.3 Å². The largest absolute Gasteiger partial charge is 0.396 e. The van der Waals surface area contributed by atoms with Gasteiger partial charge in [-0.2, -0.15) is 0 Å². The van der Waals surface area contributed by atoms with Gasteiger partial charge in [0.2, 0.25) is 0 Å². The lowest BCUT2D eigenvalue weighted by atomic mass is 10.1. The Labute approximate surface area is 89.5 Å². The van der Waals surface area contributed by atoms with Crippen molar-refractivity contribution < 1.29 is 5.11 Å². The zero-order chi connectivity index (χ0) is 9.80. The third-order valence-electron chi connectivity index (χ3n) is 2.37. The summed E-state index contributed by atoms with van der Waals surface area (Å²) in [6.45, 7) is 0.290. The van der Waals surface area contributed by atoms with Crippen LogP contribution in [0.25, 0.3) is 0 Å². The molecule has 2 rings (SSSR count). The van der Waals surface area contributed by atoms with Crippen molar-refractivity contribution in [2.45, 2.75) is 35.8 Å². The second-order valence-corrected chi connectivity index (χ2v) is 5.16. The first kappa shape index (κ1) is 10.1. The van der Waals surface area contributed by atoms with Crippen molar-refractivity contribution in [3.05, 3.63) is 29.8 Å². The normalized spacial score (nSPS) is 15.8. The first-order valence-corrected chi connectivity index (χ1v) is 6.13. The van der Waals surface area contributed by atoms with Crippen molar-refractivity contribution >= 4 is 11.8 Å². The number of aliphatic hydroxyl groups is 1. The molecule has 0 unspecified atom stereocenters. The SMILES string of the molecule is OCCCc1ccc(SC2CC2)cc1. The van der Waals surface area contributed by atoms with Gasteiger partial charge in [-0.15, -0.1) is 11.8 Å². The molecule has 1 N–H and O–H groups in total. The lowest BCUT2D eigenvalue weighted by molar-refractivity contribution is 0.288. The minimum Gasteiger partial charge on any atom is -0.396 e. The van der Waals surface area contributed by atoms with Crippen LogP contribution >= 0.6 is 11.8 Å². The molecule has 0 saturated heterocycles. The Bertz CT molecular complexity index is 277. The predicted molar refractivity (Wildman–Crippen MR) is 60.7 cm³/mol. The Morgan fingerprint density at radius 2 is 1.93 bits per heavy atom. The van der Waals surface area contributed by atoms with E-state index in [1.165, 1.54) is 23.3 Å². The van der Waals surface area contributed by atoms with Gasteiger partial charge < -0.3 is 5.11 Å². The van der Waals surface area contributed by atoms with Crippen molar-refractivity contribution in [1.82, 2.24) is 0 Å². The van der Waals surface area contributed by atoms with E-state index in [4.69, 9.17) is 5.11 Å². The van der Waals surface area contributed by atoms with Crippen molar-refractivity contribution in [1.29, 1.82) is 0 Å². The fraction of sp³-hybridized carbons (Fsp3) is 0.500. The van der Waals surface area contributed by atoms with Crippen LogP contribution in [0.3, 0.4) is 0 Å². The van der Waals surface area contributed by atoms with Crippen LogP contribution in [0.1, 0.15) is 24.8 Å². The standard InChI is InChI=1S/C12H16OS/c13-9-1-2-10-3-5-11(6-4-10)14-12-7-8-12/h3-6,12-13H,1-2,7-9H2. The fourth-order valence-corrected chi connectivity index (χ4v) is 2.45. The molecule has 1 aliphatic carbocycles. The maximum atomic E-state index is 8.71. The average molecular weight is 208 g/mol. The summed E-state index contributed by atoms with van der Waals surface area (Å²) in [5, 5.41) is 9.59. The van der Waals surface area contributed by atoms with Gasteiger partial charge in [0.25, 0.3) is 0 Å². The summed E-state index contributed by atoms with van der Waals surface area (Å²) in [4.78, 5) is 1.39. The number of benzene rings is 1. The Morgan fingerprint density at radius 1 is 1.21 bits per heavy atom. The van der Waals surface area contributed by atoms with E-state index in [1.807, 2.05) is 11.8 Å². The summed E-state index contributed by atoms with van der Waals surface area (Å²) >= 11 is 1.99. The molecule has 1 fully saturated rings. The Morgan fingerprint density at radius 3 is 2.50 bits per heavy atom. The molecule has 1 aromatic carbocycles. The van der Waals surface area contributed by atoms with E-state index < -0.39 is 0 Å². The zero-order valence-electron chi connectivity index (χ0n) is 8.28. The van der Waals surface area contributed by atoms with Crippen LogP contribution in [0, 0.1) is 0 Å². The van der Waals surface area contributed by atoms with Crippen LogP contribution in [0.5, 0.6) is 0 Å². The van der Waals surface area contributed by atoms with Crippen molar-refractivity contribution in [3.8, 4) is 0 Å². The van der Waals surface area contributed by atoms with E-state index in [-0.39, 0.29) is 0 Å². The summed E-state index contributed by atoms with van der Waals surface area (Å²) in [6, 6.07) is 8.77. The quantitative estimate of drug-likeness (QED) is 0.803. The molecule has 0 radical (unpaired) electrons. The van der Waals surface area contributed by atoms with Gasteiger partial charge in [0, 0.05) is 16.8 Å². The van der Waals surface area contributed by atoms with Crippen molar-refractivity contribution in [3.63, 3.8) is 0 Å². The topological polar surface area (TPSA) is 20.2 Å². The number of hydrogen-bond acceptors (Lipinski definition) is 2. The smallest absolute Gasteiger partial charge is 0.0434 e. The number of rotatable bonds is 5. The number of aliphatic hydroxyl groups excluding tert-OH is 1. The number of thioether (sulfide) groups is 1. The molecule has 0 heterocycles.